The van der Waals surface area contributed by atoms with Crippen LogP contribution in [0.3, 0.4) is 0 Å². The fraction of sp³-hybridized carbons (Fsp3) is 0.0588. The highest BCUT2D eigenvalue weighted by Crippen LogP contribution is 2.18. The molecule has 1 aromatic heterocycles. The maximum Gasteiger partial charge on any atom is 0.322 e. The Bertz CT molecular complexity index is 931. The number of ether oxygens (including phenoxy) is 1. The molecule has 25 heavy (non-hydrogen) atoms. The zero-order valence-corrected chi connectivity index (χ0v) is 14.5. The Kier molecular flexibility index (Phi) is 5.16. The lowest BCUT2D eigenvalue weighted by Gasteiger charge is -2.08. The second-order valence-electron chi connectivity index (χ2n) is 5.16. The summed E-state index contributed by atoms with van der Waals surface area (Å²) in [4.78, 5) is 8.00. The minimum atomic E-state index is -3.59. The van der Waals surface area contributed by atoms with Gasteiger partial charge in [-0.2, -0.15) is 0 Å². The summed E-state index contributed by atoms with van der Waals surface area (Å²) in [6.45, 7) is 0. The molecule has 3 rings (SSSR count). The first-order chi connectivity index (χ1) is 12.0. The van der Waals surface area contributed by atoms with Crippen molar-refractivity contribution < 1.29 is 13.2 Å². The Hall–Kier alpha value is -2.64. The molecule has 128 valence electrons. The van der Waals surface area contributed by atoms with Gasteiger partial charge in [0.05, 0.1) is 23.8 Å². The molecule has 0 aliphatic carbocycles. The molecule has 1 heterocycles. The van der Waals surface area contributed by atoms with Crippen molar-refractivity contribution >= 4 is 27.3 Å². The van der Waals surface area contributed by atoms with Gasteiger partial charge < -0.3 is 4.74 Å². The van der Waals surface area contributed by atoms with Crippen molar-refractivity contribution in [3.8, 4) is 11.8 Å². The third-order valence-electron chi connectivity index (χ3n) is 3.12. The predicted molar refractivity (Wildman–Crippen MR) is 96.2 cm³/mol. The summed E-state index contributed by atoms with van der Waals surface area (Å²) < 4.78 is 32.3. The number of para-hydroxylation sites is 1. The van der Waals surface area contributed by atoms with Gasteiger partial charge in [-0.3, -0.25) is 4.72 Å². The van der Waals surface area contributed by atoms with Crippen LogP contribution in [0.2, 0.25) is 5.02 Å². The number of aromatic nitrogens is 2. The zero-order valence-electron chi connectivity index (χ0n) is 13.0. The molecule has 0 atom stereocenters. The molecule has 0 radical (unpaired) electrons. The highest BCUT2D eigenvalue weighted by molar-refractivity contribution is 7.91. The van der Waals surface area contributed by atoms with Gasteiger partial charge in [0, 0.05) is 5.02 Å². The van der Waals surface area contributed by atoms with Crippen molar-refractivity contribution in [2.45, 2.75) is 5.75 Å². The summed E-state index contributed by atoms with van der Waals surface area (Å²) in [5.74, 6) is 0.422. The molecule has 0 amide bonds. The Balaban J connectivity index is 1.65. The van der Waals surface area contributed by atoms with Gasteiger partial charge in [-0.1, -0.05) is 41.9 Å². The molecular weight excluding hydrogens is 362 g/mol. The Morgan fingerprint density at radius 2 is 1.60 bits per heavy atom. The fourth-order valence-electron chi connectivity index (χ4n) is 2.03. The third-order valence-corrected chi connectivity index (χ3v) is 4.64. The van der Waals surface area contributed by atoms with E-state index in [-0.39, 0.29) is 17.5 Å². The Labute approximate surface area is 150 Å². The highest BCUT2D eigenvalue weighted by atomic mass is 35.5. The van der Waals surface area contributed by atoms with Gasteiger partial charge in [-0.05, 0) is 29.8 Å². The van der Waals surface area contributed by atoms with Crippen molar-refractivity contribution in [3.63, 3.8) is 0 Å². The molecule has 1 N–H and O–H groups in total. The second kappa shape index (κ2) is 7.50. The number of hydrogen-bond donors (Lipinski definition) is 1. The van der Waals surface area contributed by atoms with Crippen LogP contribution in [0.1, 0.15) is 5.56 Å². The van der Waals surface area contributed by atoms with E-state index < -0.39 is 10.0 Å². The van der Waals surface area contributed by atoms with Crippen LogP contribution in [0.4, 0.5) is 5.69 Å². The maximum atomic E-state index is 12.2. The maximum absolute atomic E-state index is 12.2. The number of benzene rings is 2. The number of nitrogens with zero attached hydrogens (tertiary/aromatic N) is 2. The largest absolute Gasteiger partial charge is 0.424 e. The van der Waals surface area contributed by atoms with Gasteiger partial charge in [-0.15, -0.1) is 0 Å². The van der Waals surface area contributed by atoms with E-state index in [0.717, 1.165) is 0 Å². The normalized spacial score (nSPS) is 11.1. The van der Waals surface area contributed by atoms with Crippen molar-refractivity contribution in [2.24, 2.45) is 0 Å². The van der Waals surface area contributed by atoms with Crippen LogP contribution in [0.25, 0.3) is 0 Å². The van der Waals surface area contributed by atoms with Gasteiger partial charge in [-0.25, -0.2) is 18.4 Å². The molecule has 0 saturated carbocycles. The molecule has 0 aliphatic rings. The van der Waals surface area contributed by atoms with Crippen LogP contribution in [0.15, 0.2) is 67.0 Å². The van der Waals surface area contributed by atoms with Gasteiger partial charge in [0.15, 0.2) is 0 Å². The van der Waals surface area contributed by atoms with Gasteiger partial charge in [0.2, 0.25) is 10.0 Å². The molecule has 0 unspecified atom stereocenters. The topological polar surface area (TPSA) is 81.2 Å². The highest BCUT2D eigenvalue weighted by Gasteiger charge is 2.12. The molecule has 2 aromatic carbocycles. The van der Waals surface area contributed by atoms with E-state index in [0.29, 0.717) is 16.3 Å². The summed E-state index contributed by atoms with van der Waals surface area (Å²) in [7, 11) is -3.59. The summed E-state index contributed by atoms with van der Waals surface area (Å²) in [6.07, 6.45) is 2.70. The summed E-state index contributed by atoms with van der Waals surface area (Å²) in [5, 5.41) is 0.552. The molecule has 0 aliphatic heterocycles. The molecule has 0 fully saturated rings. The van der Waals surface area contributed by atoms with E-state index >= 15 is 0 Å². The van der Waals surface area contributed by atoms with Gasteiger partial charge in [0.25, 0.3) is 0 Å². The zero-order chi connectivity index (χ0) is 17.7. The molecule has 0 bridgehead atoms. The van der Waals surface area contributed by atoms with Crippen molar-refractivity contribution in [2.75, 3.05) is 4.72 Å². The average molecular weight is 376 g/mol. The van der Waals surface area contributed by atoms with Crippen molar-refractivity contribution in [1.29, 1.82) is 0 Å². The first-order valence-corrected chi connectivity index (χ1v) is 9.33. The summed E-state index contributed by atoms with van der Waals surface area (Å²) in [6, 6.07) is 15.8. The second-order valence-corrected chi connectivity index (χ2v) is 7.32. The van der Waals surface area contributed by atoms with E-state index in [9.17, 15) is 8.42 Å². The van der Waals surface area contributed by atoms with Crippen LogP contribution >= 0.6 is 11.6 Å². The lowest BCUT2D eigenvalue weighted by Crippen LogP contribution is -2.15. The Morgan fingerprint density at radius 1 is 0.960 bits per heavy atom. The molecular formula is C17H14ClN3O3S. The van der Waals surface area contributed by atoms with Crippen LogP contribution in [0.5, 0.6) is 11.8 Å². The van der Waals surface area contributed by atoms with Crippen molar-refractivity contribution in [1.82, 2.24) is 9.97 Å². The number of sulfonamides is 1. The molecule has 0 saturated heterocycles. The summed E-state index contributed by atoms with van der Waals surface area (Å²) in [5.41, 5.74) is 0.885. The number of anilines is 1. The first kappa shape index (κ1) is 17.2. The van der Waals surface area contributed by atoms with E-state index in [1.54, 1.807) is 36.4 Å². The van der Waals surface area contributed by atoms with E-state index in [1.807, 2.05) is 18.2 Å². The van der Waals surface area contributed by atoms with Crippen LogP contribution in [-0.4, -0.2) is 18.4 Å². The minimum absolute atomic E-state index is 0.131. The van der Waals surface area contributed by atoms with E-state index in [1.165, 1.54) is 12.4 Å². The lowest BCUT2D eigenvalue weighted by atomic mass is 10.2. The smallest absolute Gasteiger partial charge is 0.322 e. The first-order valence-electron chi connectivity index (χ1n) is 7.30. The minimum Gasteiger partial charge on any atom is -0.424 e. The van der Waals surface area contributed by atoms with Gasteiger partial charge >= 0.3 is 6.01 Å². The summed E-state index contributed by atoms with van der Waals surface area (Å²) >= 11 is 5.79. The number of halogens is 1. The molecule has 0 spiro atoms. The average Bonchev–Trinajstić information content (AvgIpc) is 2.59. The van der Waals surface area contributed by atoms with Crippen LogP contribution < -0.4 is 9.46 Å². The fourth-order valence-corrected chi connectivity index (χ4v) is 3.33. The SMILES string of the molecule is O=S(=O)(Cc1ccc(Cl)cc1)Nc1cnc(Oc2ccccc2)nc1. The molecule has 6 nitrogen and oxygen atoms in total. The monoisotopic (exact) mass is 375 g/mol. The predicted octanol–water partition coefficient (Wildman–Crippen LogP) is 3.86. The van der Waals surface area contributed by atoms with E-state index in [4.69, 9.17) is 16.3 Å². The standard InChI is InChI=1S/C17H14ClN3O3S/c18-14-8-6-13(7-9-14)12-25(22,23)21-15-10-19-17(20-11-15)24-16-4-2-1-3-5-16/h1-11,21H,12H2. The number of rotatable bonds is 6. The van der Waals surface area contributed by atoms with Crippen LogP contribution in [0, 0.1) is 0 Å². The van der Waals surface area contributed by atoms with E-state index in [2.05, 4.69) is 14.7 Å². The third kappa shape index (κ3) is 5.17. The van der Waals surface area contributed by atoms with Crippen molar-refractivity contribution in [3.05, 3.63) is 77.6 Å². The quantitative estimate of drug-likeness (QED) is 0.707. The Morgan fingerprint density at radius 3 is 2.24 bits per heavy atom. The number of nitrogens with one attached hydrogen (secondary N) is 1. The molecule has 8 heteroatoms. The van der Waals surface area contributed by atoms with Crippen LogP contribution in [-0.2, 0) is 15.8 Å². The lowest BCUT2D eigenvalue weighted by molar-refractivity contribution is 0.442. The molecule has 3 aromatic rings. The number of hydrogen-bond acceptors (Lipinski definition) is 5. The van der Waals surface area contributed by atoms with Gasteiger partial charge in [0.1, 0.15) is 5.75 Å².